The first kappa shape index (κ1) is 19.3. The zero-order valence-electron chi connectivity index (χ0n) is 14.7. The van der Waals surface area contributed by atoms with Gasteiger partial charge in [-0.15, -0.1) is 0 Å². The molecule has 144 valence electrons. The standard InChI is InChI=1S/C19H23F3O4/c1-16(17(11-5-6-12-17)13-7-8-14-23)24-18(26-25-16,19(20,21)22)15-9-3-2-4-10-15/h2-4,9-10,14H,5-8,11-13H2,1H3. The van der Waals surface area contributed by atoms with Crippen molar-refractivity contribution in [2.45, 2.75) is 69.6 Å². The van der Waals surface area contributed by atoms with Crippen molar-refractivity contribution in [1.82, 2.24) is 0 Å². The van der Waals surface area contributed by atoms with Gasteiger partial charge >= 0.3 is 12.0 Å². The van der Waals surface area contributed by atoms with Crippen LogP contribution in [0.4, 0.5) is 13.2 Å². The summed E-state index contributed by atoms with van der Waals surface area (Å²) in [5.41, 5.74) is -0.769. The highest BCUT2D eigenvalue weighted by Gasteiger charge is 2.71. The van der Waals surface area contributed by atoms with Crippen molar-refractivity contribution < 1.29 is 32.5 Å². The average molecular weight is 372 g/mol. The molecule has 1 aliphatic heterocycles. The second kappa shape index (κ2) is 6.94. The van der Waals surface area contributed by atoms with Crippen molar-refractivity contribution in [3.8, 4) is 0 Å². The molecule has 1 aromatic rings. The first-order valence-corrected chi connectivity index (χ1v) is 8.92. The highest BCUT2D eigenvalue weighted by Crippen LogP contribution is 2.60. The molecule has 0 amide bonds. The molecular weight excluding hydrogens is 349 g/mol. The molecule has 2 fully saturated rings. The fourth-order valence-corrected chi connectivity index (χ4v) is 4.18. The summed E-state index contributed by atoms with van der Waals surface area (Å²) in [4.78, 5) is 20.9. The predicted octanol–water partition coefficient (Wildman–Crippen LogP) is 5.03. The second-order valence-corrected chi connectivity index (χ2v) is 7.24. The monoisotopic (exact) mass is 372 g/mol. The molecule has 0 aromatic heterocycles. The number of benzene rings is 1. The van der Waals surface area contributed by atoms with Crippen molar-refractivity contribution in [3.63, 3.8) is 0 Å². The molecule has 1 aliphatic carbocycles. The van der Waals surface area contributed by atoms with Crippen LogP contribution >= 0.6 is 0 Å². The smallest absolute Gasteiger partial charge is 0.303 e. The van der Waals surface area contributed by atoms with E-state index in [1.54, 1.807) is 6.07 Å². The third-order valence-corrected chi connectivity index (χ3v) is 5.68. The Kier molecular flexibility index (Phi) is 5.16. The van der Waals surface area contributed by atoms with Gasteiger partial charge in [0.15, 0.2) is 0 Å². The Labute approximate surface area is 150 Å². The van der Waals surface area contributed by atoms with Gasteiger partial charge in [-0.1, -0.05) is 43.2 Å². The summed E-state index contributed by atoms with van der Waals surface area (Å²) in [6.45, 7) is 1.52. The van der Waals surface area contributed by atoms with E-state index >= 15 is 0 Å². The van der Waals surface area contributed by atoms with Crippen LogP contribution in [-0.2, 0) is 25.1 Å². The third kappa shape index (κ3) is 3.06. The minimum absolute atomic E-state index is 0.155. The van der Waals surface area contributed by atoms with Crippen molar-refractivity contribution in [2.24, 2.45) is 5.41 Å². The lowest BCUT2D eigenvalue weighted by atomic mass is 9.74. The van der Waals surface area contributed by atoms with Crippen molar-refractivity contribution >= 4 is 6.29 Å². The van der Waals surface area contributed by atoms with Crippen molar-refractivity contribution in [3.05, 3.63) is 35.9 Å². The molecule has 2 atom stereocenters. The lowest BCUT2D eigenvalue weighted by Crippen LogP contribution is -2.50. The molecule has 0 bridgehead atoms. The summed E-state index contributed by atoms with van der Waals surface area (Å²) in [6, 6.07) is 7.26. The summed E-state index contributed by atoms with van der Waals surface area (Å²) in [5, 5.41) is 0. The SMILES string of the molecule is CC1(C2(CCCC=O)CCCC2)OOC(c2ccccc2)(C(F)(F)F)O1. The Morgan fingerprint density at radius 3 is 2.35 bits per heavy atom. The second-order valence-electron chi connectivity index (χ2n) is 7.24. The van der Waals surface area contributed by atoms with Gasteiger partial charge in [0.2, 0.25) is 5.79 Å². The average Bonchev–Trinajstić information content (AvgIpc) is 3.23. The molecule has 2 aliphatic rings. The van der Waals surface area contributed by atoms with Gasteiger partial charge in [-0.2, -0.15) is 22.9 Å². The molecule has 7 heteroatoms. The number of ether oxygens (including phenoxy) is 1. The van der Waals surface area contributed by atoms with E-state index in [4.69, 9.17) is 14.5 Å². The molecular formula is C19H23F3O4. The van der Waals surface area contributed by atoms with Gasteiger partial charge in [0.25, 0.3) is 0 Å². The highest BCUT2D eigenvalue weighted by molar-refractivity contribution is 5.49. The van der Waals surface area contributed by atoms with Crippen LogP contribution in [0.15, 0.2) is 30.3 Å². The summed E-state index contributed by atoms with van der Waals surface area (Å²) >= 11 is 0. The number of rotatable bonds is 6. The minimum Gasteiger partial charge on any atom is -0.303 e. The Balaban J connectivity index is 1.95. The predicted molar refractivity (Wildman–Crippen MR) is 86.7 cm³/mol. The summed E-state index contributed by atoms with van der Waals surface area (Å²) < 4.78 is 47.6. The van der Waals surface area contributed by atoms with Gasteiger partial charge in [0.1, 0.15) is 6.29 Å². The molecule has 1 aromatic carbocycles. The fraction of sp³-hybridized carbons (Fsp3) is 0.632. The van der Waals surface area contributed by atoms with Gasteiger partial charge in [-0.25, -0.2) is 0 Å². The highest BCUT2D eigenvalue weighted by atomic mass is 19.4. The normalized spacial score (nSPS) is 31.2. The van der Waals surface area contributed by atoms with E-state index in [9.17, 15) is 18.0 Å². The molecule has 1 heterocycles. The molecule has 1 saturated heterocycles. The lowest BCUT2D eigenvalue weighted by molar-refractivity contribution is -0.423. The van der Waals surface area contributed by atoms with E-state index in [1.165, 1.54) is 31.2 Å². The van der Waals surface area contributed by atoms with Crippen LogP contribution in [0.1, 0.15) is 57.4 Å². The largest absolute Gasteiger partial charge is 0.451 e. The Morgan fingerprint density at radius 1 is 1.12 bits per heavy atom. The molecule has 3 rings (SSSR count). The van der Waals surface area contributed by atoms with Crippen LogP contribution < -0.4 is 0 Å². The number of halogens is 3. The topological polar surface area (TPSA) is 44.8 Å². The number of hydrogen-bond donors (Lipinski definition) is 0. The van der Waals surface area contributed by atoms with E-state index in [2.05, 4.69) is 0 Å². The number of unbranched alkanes of at least 4 members (excludes halogenated alkanes) is 1. The first-order valence-electron chi connectivity index (χ1n) is 8.92. The number of carbonyl (C=O) groups is 1. The summed E-state index contributed by atoms with van der Waals surface area (Å²) in [7, 11) is 0. The molecule has 0 radical (unpaired) electrons. The van der Waals surface area contributed by atoms with Crippen LogP contribution in [0.3, 0.4) is 0 Å². The van der Waals surface area contributed by atoms with Gasteiger partial charge < -0.3 is 9.53 Å². The fourth-order valence-electron chi connectivity index (χ4n) is 4.18. The van der Waals surface area contributed by atoms with E-state index in [1.807, 2.05) is 0 Å². The van der Waals surface area contributed by atoms with Crippen LogP contribution in [0, 0.1) is 5.41 Å². The van der Waals surface area contributed by atoms with Gasteiger partial charge in [-0.05, 0) is 32.6 Å². The third-order valence-electron chi connectivity index (χ3n) is 5.68. The maximum atomic E-state index is 14.0. The number of alkyl halides is 3. The molecule has 26 heavy (non-hydrogen) atoms. The number of aldehydes is 1. The maximum absolute atomic E-state index is 14.0. The van der Waals surface area contributed by atoms with Crippen molar-refractivity contribution in [2.75, 3.05) is 0 Å². The molecule has 0 spiro atoms. The summed E-state index contributed by atoms with van der Waals surface area (Å²) in [5.74, 6) is -4.50. The van der Waals surface area contributed by atoms with Crippen LogP contribution in [0.5, 0.6) is 0 Å². The van der Waals surface area contributed by atoms with E-state index in [0.717, 1.165) is 19.1 Å². The summed E-state index contributed by atoms with van der Waals surface area (Å²) in [6.07, 6.45) is 0.618. The molecule has 1 saturated carbocycles. The van der Waals surface area contributed by atoms with Crippen LogP contribution in [0.25, 0.3) is 0 Å². The molecule has 0 N–H and O–H groups in total. The lowest BCUT2D eigenvalue weighted by Gasteiger charge is -2.41. The van der Waals surface area contributed by atoms with E-state index in [0.29, 0.717) is 32.1 Å². The number of hydrogen-bond acceptors (Lipinski definition) is 4. The Bertz CT molecular complexity index is 627. The van der Waals surface area contributed by atoms with Crippen molar-refractivity contribution in [1.29, 1.82) is 0 Å². The zero-order valence-corrected chi connectivity index (χ0v) is 14.7. The van der Waals surface area contributed by atoms with Gasteiger partial charge in [0, 0.05) is 17.4 Å². The number of carbonyl (C=O) groups excluding carboxylic acids is 1. The van der Waals surface area contributed by atoms with Gasteiger partial charge in [-0.3, -0.25) is 0 Å². The Morgan fingerprint density at radius 2 is 1.77 bits per heavy atom. The maximum Gasteiger partial charge on any atom is 0.451 e. The van der Waals surface area contributed by atoms with E-state index in [-0.39, 0.29) is 5.56 Å². The van der Waals surface area contributed by atoms with Gasteiger partial charge in [0.05, 0.1) is 0 Å². The minimum atomic E-state index is -4.81. The van der Waals surface area contributed by atoms with Crippen LogP contribution in [-0.4, -0.2) is 18.2 Å². The molecule has 2 unspecified atom stereocenters. The molecule has 4 nitrogen and oxygen atoms in total. The Hall–Kier alpha value is -1.44. The van der Waals surface area contributed by atoms with E-state index < -0.39 is 23.2 Å². The zero-order chi connectivity index (χ0) is 18.9. The van der Waals surface area contributed by atoms with Crippen LogP contribution in [0.2, 0.25) is 0 Å². The first-order chi connectivity index (χ1) is 12.3. The quantitative estimate of drug-likeness (QED) is 0.399.